The second-order valence-electron chi connectivity index (χ2n) is 2.98. The van der Waals surface area contributed by atoms with Crippen LogP contribution in [-0.2, 0) is 0 Å². The molecule has 0 atom stereocenters. The Morgan fingerprint density at radius 3 is 2.85 bits per heavy atom. The van der Waals surface area contributed by atoms with Crippen LogP contribution in [0.4, 0.5) is 0 Å². The summed E-state index contributed by atoms with van der Waals surface area (Å²) in [6.07, 6.45) is 1.17. The minimum Gasteiger partial charge on any atom is -0.314 e. The first-order valence-corrected chi connectivity index (χ1v) is 6.11. The van der Waals surface area contributed by atoms with Gasteiger partial charge in [-0.3, -0.25) is 0 Å². The molecule has 1 rings (SSSR count). The zero-order valence-corrected chi connectivity index (χ0v) is 9.64. The number of hydrazine groups is 1. The van der Waals surface area contributed by atoms with Crippen molar-refractivity contribution in [3.63, 3.8) is 0 Å². The first kappa shape index (κ1) is 11.2. The zero-order valence-electron chi connectivity index (χ0n) is 8.01. The maximum atomic E-state index is 5.19. The molecule has 2 N–H and O–H groups in total. The van der Waals surface area contributed by atoms with Crippen molar-refractivity contribution in [1.29, 1.82) is 0 Å². The van der Waals surface area contributed by atoms with Gasteiger partial charge in [0.1, 0.15) is 4.32 Å². The van der Waals surface area contributed by atoms with Crippen LogP contribution in [0.3, 0.4) is 0 Å². The molecule has 1 aliphatic heterocycles. The van der Waals surface area contributed by atoms with Crippen LogP contribution in [0.15, 0.2) is 0 Å². The Labute approximate surface area is 89.6 Å². The van der Waals surface area contributed by atoms with Gasteiger partial charge in [0.15, 0.2) is 0 Å². The second kappa shape index (κ2) is 6.59. The SMILES string of the molecule is CCCSC(=S)NN1CCNCC1. The Hall–Kier alpha value is 0.160. The first-order valence-electron chi connectivity index (χ1n) is 4.72. The minimum absolute atomic E-state index is 0.906. The van der Waals surface area contributed by atoms with Crippen LogP contribution in [0.2, 0.25) is 0 Å². The fourth-order valence-corrected chi connectivity index (χ4v) is 2.10. The van der Waals surface area contributed by atoms with E-state index >= 15 is 0 Å². The third kappa shape index (κ3) is 4.81. The maximum Gasteiger partial charge on any atom is 0.148 e. The number of piperazine rings is 1. The molecule has 1 heterocycles. The average molecular weight is 219 g/mol. The highest BCUT2D eigenvalue weighted by Gasteiger charge is 2.09. The van der Waals surface area contributed by atoms with Crippen LogP contribution in [0.5, 0.6) is 0 Å². The highest BCUT2D eigenvalue weighted by atomic mass is 32.2. The van der Waals surface area contributed by atoms with Crippen molar-refractivity contribution in [3.05, 3.63) is 0 Å². The van der Waals surface area contributed by atoms with E-state index in [1.807, 2.05) is 0 Å². The number of thiocarbonyl (C=S) groups is 1. The molecule has 0 unspecified atom stereocenters. The van der Waals surface area contributed by atoms with Crippen LogP contribution in [0.1, 0.15) is 13.3 Å². The lowest BCUT2D eigenvalue weighted by molar-refractivity contribution is 0.209. The van der Waals surface area contributed by atoms with Gasteiger partial charge in [-0.2, -0.15) is 0 Å². The van der Waals surface area contributed by atoms with Crippen molar-refractivity contribution in [3.8, 4) is 0 Å². The molecule has 0 radical (unpaired) electrons. The predicted octanol–water partition coefficient (Wildman–Crippen LogP) is 0.824. The van der Waals surface area contributed by atoms with E-state index in [1.165, 1.54) is 6.42 Å². The molecule has 5 heteroatoms. The summed E-state index contributed by atoms with van der Waals surface area (Å²) in [5.74, 6) is 1.11. The smallest absolute Gasteiger partial charge is 0.148 e. The lowest BCUT2D eigenvalue weighted by Crippen LogP contribution is -2.51. The number of hydrogen-bond donors (Lipinski definition) is 2. The molecule has 0 aliphatic carbocycles. The number of nitrogens with one attached hydrogen (secondary N) is 2. The van der Waals surface area contributed by atoms with Crippen molar-refractivity contribution >= 4 is 28.3 Å². The molecule has 0 amide bonds. The van der Waals surface area contributed by atoms with Gasteiger partial charge in [0.05, 0.1) is 0 Å². The van der Waals surface area contributed by atoms with Gasteiger partial charge < -0.3 is 10.7 Å². The molecule has 0 aromatic carbocycles. The Balaban J connectivity index is 2.11. The van der Waals surface area contributed by atoms with Gasteiger partial charge in [-0.1, -0.05) is 30.9 Å². The van der Waals surface area contributed by atoms with Crippen molar-refractivity contribution in [1.82, 2.24) is 15.8 Å². The Bertz CT molecular complexity index is 157. The van der Waals surface area contributed by atoms with Gasteiger partial charge in [-0.15, -0.1) is 0 Å². The standard InChI is InChI=1S/C8H17N3S2/c1-2-7-13-8(12)10-11-5-3-9-4-6-11/h9H,2-7H2,1H3,(H,10,12). The lowest BCUT2D eigenvalue weighted by Gasteiger charge is -2.28. The number of rotatable bonds is 3. The molecule has 0 aromatic rings. The molecular formula is C8H17N3S2. The summed E-state index contributed by atoms with van der Waals surface area (Å²) < 4.78 is 0.906. The van der Waals surface area contributed by atoms with Crippen molar-refractivity contribution in [2.75, 3.05) is 31.9 Å². The molecule has 1 aliphatic rings. The molecule has 0 spiro atoms. The largest absolute Gasteiger partial charge is 0.314 e. The van der Waals surface area contributed by atoms with Gasteiger partial charge >= 0.3 is 0 Å². The van der Waals surface area contributed by atoms with Gasteiger partial charge in [0.2, 0.25) is 0 Å². The lowest BCUT2D eigenvalue weighted by atomic mass is 10.4. The summed E-state index contributed by atoms with van der Waals surface area (Å²) in [5.41, 5.74) is 3.24. The van der Waals surface area contributed by atoms with Crippen molar-refractivity contribution in [2.24, 2.45) is 0 Å². The summed E-state index contributed by atoms with van der Waals surface area (Å²) >= 11 is 6.92. The summed E-state index contributed by atoms with van der Waals surface area (Å²) in [7, 11) is 0. The van der Waals surface area contributed by atoms with Gasteiger partial charge in [0.25, 0.3) is 0 Å². The normalized spacial score (nSPS) is 18.5. The molecule has 1 saturated heterocycles. The molecule has 0 saturated carbocycles. The van der Waals surface area contributed by atoms with E-state index in [2.05, 4.69) is 22.7 Å². The van der Waals surface area contributed by atoms with Crippen LogP contribution in [0.25, 0.3) is 0 Å². The summed E-state index contributed by atoms with van der Waals surface area (Å²) in [6, 6.07) is 0. The highest BCUT2D eigenvalue weighted by molar-refractivity contribution is 8.22. The van der Waals surface area contributed by atoms with Crippen molar-refractivity contribution < 1.29 is 0 Å². The van der Waals surface area contributed by atoms with Crippen LogP contribution in [-0.4, -0.2) is 41.3 Å². The monoisotopic (exact) mass is 219 g/mol. The molecule has 0 aromatic heterocycles. The molecule has 13 heavy (non-hydrogen) atoms. The Morgan fingerprint density at radius 2 is 2.23 bits per heavy atom. The molecule has 3 nitrogen and oxygen atoms in total. The van der Waals surface area contributed by atoms with E-state index in [0.29, 0.717) is 0 Å². The van der Waals surface area contributed by atoms with E-state index in [-0.39, 0.29) is 0 Å². The van der Waals surface area contributed by atoms with E-state index in [4.69, 9.17) is 12.2 Å². The third-order valence-electron chi connectivity index (χ3n) is 1.80. The van der Waals surface area contributed by atoms with E-state index in [9.17, 15) is 0 Å². The third-order valence-corrected chi connectivity index (χ3v) is 3.21. The summed E-state index contributed by atoms with van der Waals surface area (Å²) in [5, 5.41) is 5.48. The Morgan fingerprint density at radius 1 is 1.54 bits per heavy atom. The highest BCUT2D eigenvalue weighted by Crippen LogP contribution is 2.04. The first-order chi connectivity index (χ1) is 6.33. The van der Waals surface area contributed by atoms with Crippen LogP contribution in [0, 0.1) is 0 Å². The summed E-state index contributed by atoms with van der Waals surface area (Å²) in [6.45, 7) is 6.34. The van der Waals surface area contributed by atoms with Gasteiger partial charge in [0, 0.05) is 31.9 Å². The number of thioether (sulfide) groups is 1. The quantitative estimate of drug-likeness (QED) is 0.686. The molecular weight excluding hydrogens is 202 g/mol. The topological polar surface area (TPSA) is 27.3 Å². The van der Waals surface area contributed by atoms with Gasteiger partial charge in [-0.25, -0.2) is 5.01 Å². The molecule has 1 fully saturated rings. The minimum atomic E-state index is 0.906. The maximum absolute atomic E-state index is 5.19. The number of nitrogens with zero attached hydrogens (tertiary/aromatic N) is 1. The second-order valence-corrected chi connectivity index (χ2v) is 4.76. The molecule has 0 bridgehead atoms. The predicted molar refractivity (Wildman–Crippen MR) is 62.9 cm³/mol. The van der Waals surface area contributed by atoms with E-state index in [1.54, 1.807) is 11.8 Å². The van der Waals surface area contributed by atoms with Crippen molar-refractivity contribution in [2.45, 2.75) is 13.3 Å². The van der Waals surface area contributed by atoms with Gasteiger partial charge in [-0.05, 0) is 6.42 Å². The zero-order chi connectivity index (χ0) is 9.52. The van der Waals surface area contributed by atoms with E-state index < -0.39 is 0 Å². The fourth-order valence-electron chi connectivity index (χ4n) is 1.13. The van der Waals surface area contributed by atoms with Crippen LogP contribution < -0.4 is 10.7 Å². The van der Waals surface area contributed by atoms with Crippen LogP contribution >= 0.6 is 24.0 Å². The fraction of sp³-hybridized carbons (Fsp3) is 0.875. The van der Waals surface area contributed by atoms with E-state index in [0.717, 1.165) is 36.3 Å². The molecule has 76 valence electrons. The average Bonchev–Trinajstić information content (AvgIpc) is 2.16. The summed E-state index contributed by atoms with van der Waals surface area (Å²) in [4.78, 5) is 0. The number of hydrogen-bond acceptors (Lipinski definition) is 4. The Kier molecular flexibility index (Phi) is 5.70.